The number of urea groups is 1. The van der Waals surface area contributed by atoms with Crippen LogP contribution < -0.4 is 22.1 Å². The second-order valence-corrected chi connectivity index (χ2v) is 2.31. The van der Waals surface area contributed by atoms with E-state index in [0.717, 1.165) is 0 Å². The van der Waals surface area contributed by atoms with E-state index in [1.165, 1.54) is 6.92 Å². The smallest absolute Gasteiger partial charge is 0.318 e. The van der Waals surface area contributed by atoms with Crippen molar-refractivity contribution in [3.8, 4) is 0 Å². The van der Waals surface area contributed by atoms with Crippen LogP contribution in [-0.4, -0.2) is 23.8 Å². The SMILES string of the molecule is C[C](C(N)=O)C(=O)NC(=N)NC(N)=O. The molecule has 0 saturated carbocycles. The lowest BCUT2D eigenvalue weighted by molar-refractivity contribution is -0.124. The van der Waals surface area contributed by atoms with Gasteiger partial charge in [-0.3, -0.25) is 25.6 Å². The lowest BCUT2D eigenvalue weighted by Crippen LogP contribution is -2.47. The number of guanidine groups is 1. The number of amides is 4. The van der Waals surface area contributed by atoms with Gasteiger partial charge in [0.2, 0.25) is 17.8 Å². The minimum absolute atomic E-state index is 0.277. The Morgan fingerprint density at radius 2 is 1.64 bits per heavy atom. The van der Waals surface area contributed by atoms with Crippen LogP contribution in [0.4, 0.5) is 4.79 Å². The molecule has 8 nitrogen and oxygen atoms in total. The third kappa shape index (κ3) is 4.04. The Hall–Kier alpha value is -2.12. The third-order valence-electron chi connectivity index (χ3n) is 1.20. The van der Waals surface area contributed by atoms with Crippen molar-refractivity contribution < 1.29 is 14.4 Å². The number of hydrogen-bond acceptors (Lipinski definition) is 4. The van der Waals surface area contributed by atoms with E-state index in [2.05, 4.69) is 5.73 Å². The number of nitrogens with two attached hydrogens (primary N) is 2. The van der Waals surface area contributed by atoms with E-state index >= 15 is 0 Å². The standard InChI is InChI=1S/C6H10N5O3/c1-2(3(7)12)4(13)10-5(8)11-6(9)14/h1H3,(H2,7,12)(H5,8,9,10,11,13,14). The lowest BCUT2D eigenvalue weighted by atomic mass is 10.1. The summed E-state index contributed by atoms with van der Waals surface area (Å²) in [6.45, 7) is 1.19. The fourth-order valence-corrected chi connectivity index (χ4v) is 0.474. The van der Waals surface area contributed by atoms with E-state index in [0.29, 0.717) is 0 Å². The van der Waals surface area contributed by atoms with Gasteiger partial charge < -0.3 is 11.5 Å². The van der Waals surface area contributed by atoms with E-state index in [-0.39, 0.29) is 5.92 Å². The van der Waals surface area contributed by atoms with Crippen LogP contribution in [0.1, 0.15) is 6.92 Å². The summed E-state index contributed by atoms with van der Waals surface area (Å²) in [5, 5.41) is 10.7. The average molecular weight is 200 g/mol. The Balaban J connectivity index is 4.13. The molecule has 0 aliphatic carbocycles. The molecular formula is C6H10N5O3. The molecule has 0 aromatic rings. The van der Waals surface area contributed by atoms with Crippen molar-refractivity contribution in [1.82, 2.24) is 10.6 Å². The Kier molecular flexibility index (Phi) is 4.07. The largest absolute Gasteiger partial charge is 0.369 e. The molecule has 14 heavy (non-hydrogen) atoms. The van der Waals surface area contributed by atoms with Gasteiger partial charge in [0.1, 0.15) is 5.92 Å². The first-order valence-electron chi connectivity index (χ1n) is 3.44. The predicted octanol–water partition coefficient (Wildman–Crippen LogP) is -2.21. The number of nitrogens with one attached hydrogen (secondary N) is 3. The highest BCUT2D eigenvalue weighted by molar-refractivity contribution is 6.18. The Bertz CT molecular complexity index is 287. The summed E-state index contributed by atoms with van der Waals surface area (Å²) in [7, 11) is 0. The van der Waals surface area contributed by atoms with Gasteiger partial charge in [-0.2, -0.15) is 0 Å². The molecule has 0 aliphatic rings. The molecule has 0 atom stereocenters. The van der Waals surface area contributed by atoms with Gasteiger partial charge >= 0.3 is 6.03 Å². The molecule has 0 unspecified atom stereocenters. The molecule has 1 radical (unpaired) electrons. The van der Waals surface area contributed by atoms with Crippen LogP contribution in [-0.2, 0) is 9.59 Å². The molecule has 0 rings (SSSR count). The van der Waals surface area contributed by atoms with Crippen molar-refractivity contribution in [2.45, 2.75) is 6.92 Å². The van der Waals surface area contributed by atoms with E-state index in [1.54, 1.807) is 5.32 Å². The molecule has 0 spiro atoms. The van der Waals surface area contributed by atoms with Crippen molar-refractivity contribution in [1.29, 1.82) is 5.41 Å². The van der Waals surface area contributed by atoms with Crippen LogP contribution in [0.2, 0.25) is 0 Å². The quantitative estimate of drug-likeness (QED) is 0.195. The van der Waals surface area contributed by atoms with Gasteiger partial charge in [0, 0.05) is 0 Å². The van der Waals surface area contributed by atoms with E-state index < -0.39 is 23.8 Å². The highest BCUT2D eigenvalue weighted by Crippen LogP contribution is 1.94. The second-order valence-electron chi connectivity index (χ2n) is 2.31. The summed E-state index contributed by atoms with van der Waals surface area (Å²) < 4.78 is 0. The fourth-order valence-electron chi connectivity index (χ4n) is 0.474. The Morgan fingerprint density at radius 3 is 2.00 bits per heavy atom. The molecule has 0 aromatic carbocycles. The number of carbonyl (C=O) groups is 3. The van der Waals surface area contributed by atoms with Gasteiger partial charge in [-0.1, -0.05) is 0 Å². The zero-order chi connectivity index (χ0) is 11.3. The number of rotatable bonds is 2. The minimum Gasteiger partial charge on any atom is -0.369 e. The molecule has 0 fully saturated rings. The molecule has 7 N–H and O–H groups in total. The first-order chi connectivity index (χ1) is 6.34. The topological polar surface area (TPSA) is 151 Å². The summed E-state index contributed by atoms with van der Waals surface area (Å²) in [6, 6.07) is -0.993. The van der Waals surface area contributed by atoms with Crippen LogP contribution >= 0.6 is 0 Å². The molecule has 0 saturated heterocycles. The number of primary amides is 2. The first kappa shape index (κ1) is 11.9. The average Bonchev–Trinajstić information content (AvgIpc) is 2.00. The summed E-state index contributed by atoms with van der Waals surface area (Å²) in [6.07, 6.45) is 0. The van der Waals surface area contributed by atoms with Gasteiger partial charge in [-0.05, 0) is 6.92 Å². The summed E-state index contributed by atoms with van der Waals surface area (Å²) in [5.41, 5.74) is 9.46. The van der Waals surface area contributed by atoms with Crippen molar-refractivity contribution in [3.05, 3.63) is 5.92 Å². The van der Waals surface area contributed by atoms with Gasteiger partial charge in [-0.15, -0.1) is 0 Å². The lowest BCUT2D eigenvalue weighted by Gasteiger charge is -2.08. The van der Waals surface area contributed by atoms with E-state index in [9.17, 15) is 14.4 Å². The molecule has 8 heteroatoms. The monoisotopic (exact) mass is 200 g/mol. The summed E-state index contributed by atoms with van der Waals surface area (Å²) >= 11 is 0. The zero-order valence-corrected chi connectivity index (χ0v) is 7.38. The number of hydrogen-bond donors (Lipinski definition) is 5. The van der Waals surface area contributed by atoms with Crippen LogP contribution in [0, 0.1) is 11.3 Å². The van der Waals surface area contributed by atoms with E-state index in [4.69, 9.17) is 11.1 Å². The molecule has 77 valence electrons. The van der Waals surface area contributed by atoms with Crippen molar-refractivity contribution in [2.24, 2.45) is 11.5 Å². The van der Waals surface area contributed by atoms with Crippen LogP contribution in [0.3, 0.4) is 0 Å². The fraction of sp³-hybridized carbons (Fsp3) is 0.167. The Morgan fingerprint density at radius 1 is 1.14 bits per heavy atom. The highest BCUT2D eigenvalue weighted by Gasteiger charge is 2.20. The number of carbonyl (C=O) groups excluding carboxylic acids is 3. The van der Waals surface area contributed by atoms with Crippen LogP contribution in [0.5, 0.6) is 0 Å². The normalized spacial score (nSPS) is 9.29. The van der Waals surface area contributed by atoms with Crippen molar-refractivity contribution in [2.75, 3.05) is 0 Å². The Labute approximate surface area is 79.5 Å². The van der Waals surface area contributed by atoms with Crippen molar-refractivity contribution in [3.63, 3.8) is 0 Å². The highest BCUT2D eigenvalue weighted by atomic mass is 16.2. The zero-order valence-electron chi connectivity index (χ0n) is 7.38. The molecular weight excluding hydrogens is 190 g/mol. The molecule has 0 bridgehead atoms. The van der Waals surface area contributed by atoms with Crippen LogP contribution in [0.25, 0.3) is 0 Å². The summed E-state index contributed by atoms with van der Waals surface area (Å²) in [4.78, 5) is 31.7. The minimum atomic E-state index is -0.993. The predicted molar refractivity (Wildman–Crippen MR) is 46.7 cm³/mol. The second kappa shape index (κ2) is 4.80. The van der Waals surface area contributed by atoms with E-state index in [1.807, 2.05) is 5.32 Å². The van der Waals surface area contributed by atoms with Gasteiger partial charge in [0.25, 0.3) is 0 Å². The van der Waals surface area contributed by atoms with Gasteiger partial charge in [0.05, 0.1) is 0 Å². The maximum atomic E-state index is 11.0. The summed E-state index contributed by atoms with van der Waals surface area (Å²) in [5.74, 6) is -2.67. The van der Waals surface area contributed by atoms with Gasteiger partial charge in [-0.25, -0.2) is 4.79 Å². The molecule has 4 amide bonds. The first-order valence-corrected chi connectivity index (χ1v) is 3.44. The maximum absolute atomic E-state index is 11.0. The van der Waals surface area contributed by atoms with Gasteiger partial charge in [0.15, 0.2) is 0 Å². The molecule has 0 heterocycles. The maximum Gasteiger partial charge on any atom is 0.318 e. The molecule has 0 aromatic heterocycles. The van der Waals surface area contributed by atoms with Crippen molar-refractivity contribution >= 4 is 23.8 Å². The third-order valence-corrected chi connectivity index (χ3v) is 1.20. The van der Waals surface area contributed by atoms with Crippen LogP contribution in [0.15, 0.2) is 0 Å². The molecule has 0 aliphatic heterocycles.